The summed E-state index contributed by atoms with van der Waals surface area (Å²) in [6.45, 7) is 6.42. The van der Waals surface area contributed by atoms with Gasteiger partial charge < -0.3 is 10.2 Å². The fourth-order valence-corrected chi connectivity index (χ4v) is 2.69. The van der Waals surface area contributed by atoms with Gasteiger partial charge in [-0.1, -0.05) is 35.9 Å². The maximum absolute atomic E-state index is 12.3. The van der Waals surface area contributed by atoms with Crippen LogP contribution in [0, 0.1) is 11.3 Å². The lowest BCUT2D eigenvalue weighted by molar-refractivity contribution is -0.117. The van der Waals surface area contributed by atoms with E-state index in [0.29, 0.717) is 11.6 Å². The van der Waals surface area contributed by atoms with Crippen LogP contribution in [-0.2, 0) is 11.3 Å². The predicted molar refractivity (Wildman–Crippen MR) is 107 cm³/mol. The van der Waals surface area contributed by atoms with Gasteiger partial charge in [0.15, 0.2) is 0 Å². The van der Waals surface area contributed by atoms with Gasteiger partial charge in [0.05, 0.1) is 0 Å². The van der Waals surface area contributed by atoms with Gasteiger partial charge in [-0.05, 0) is 55.3 Å². The van der Waals surface area contributed by atoms with Crippen molar-refractivity contribution < 1.29 is 4.79 Å². The molecule has 0 saturated carbocycles. The first-order valence-corrected chi connectivity index (χ1v) is 8.94. The number of benzene rings is 2. The van der Waals surface area contributed by atoms with Crippen LogP contribution in [0.15, 0.2) is 54.1 Å². The van der Waals surface area contributed by atoms with Crippen molar-refractivity contribution in [3.05, 3.63) is 70.3 Å². The van der Waals surface area contributed by atoms with Crippen LogP contribution in [0.25, 0.3) is 6.08 Å². The zero-order chi connectivity index (χ0) is 18.9. The molecular weight excluding hydrogens is 346 g/mol. The molecule has 2 rings (SSSR count). The van der Waals surface area contributed by atoms with Gasteiger partial charge in [0.1, 0.15) is 11.6 Å². The number of amides is 1. The van der Waals surface area contributed by atoms with Crippen LogP contribution < -0.4 is 10.2 Å². The number of nitrogens with one attached hydrogen (secondary N) is 1. The lowest BCUT2D eigenvalue weighted by atomic mass is 10.1. The predicted octanol–water partition coefficient (Wildman–Crippen LogP) is 4.41. The fourth-order valence-electron chi connectivity index (χ4n) is 2.57. The molecule has 0 aliphatic carbocycles. The molecule has 0 fully saturated rings. The van der Waals surface area contributed by atoms with Crippen molar-refractivity contribution in [3.63, 3.8) is 0 Å². The Kier molecular flexibility index (Phi) is 7.25. The summed E-state index contributed by atoms with van der Waals surface area (Å²) in [5, 5.41) is 12.7. The molecule has 0 aliphatic heterocycles. The minimum absolute atomic E-state index is 0.0783. The highest BCUT2D eigenvalue weighted by Gasteiger charge is 2.09. The minimum atomic E-state index is -0.393. The van der Waals surface area contributed by atoms with Crippen LogP contribution >= 0.6 is 11.6 Å². The summed E-state index contributed by atoms with van der Waals surface area (Å²) in [5.74, 6) is -0.393. The standard InChI is InChI=1S/C21H22ClN3O/c1-3-25(4-2)20-11-7-16(8-12-20)13-18(14-23)21(26)24-15-17-5-9-19(22)10-6-17/h5-13H,3-4,15H2,1-2H3,(H,24,26)/b18-13+. The number of hydrogen-bond donors (Lipinski definition) is 1. The number of carbonyl (C=O) groups is 1. The summed E-state index contributed by atoms with van der Waals surface area (Å²) in [4.78, 5) is 14.5. The Labute approximate surface area is 159 Å². The largest absolute Gasteiger partial charge is 0.372 e. The van der Waals surface area contributed by atoms with Gasteiger partial charge >= 0.3 is 0 Å². The van der Waals surface area contributed by atoms with Gasteiger partial charge in [-0.3, -0.25) is 4.79 Å². The first-order chi connectivity index (χ1) is 12.6. The van der Waals surface area contributed by atoms with Gasteiger partial charge in [-0.15, -0.1) is 0 Å². The summed E-state index contributed by atoms with van der Waals surface area (Å²) < 4.78 is 0. The second-order valence-electron chi connectivity index (χ2n) is 5.74. The summed E-state index contributed by atoms with van der Waals surface area (Å²) in [7, 11) is 0. The van der Waals surface area contributed by atoms with E-state index in [1.54, 1.807) is 18.2 Å². The molecule has 4 nitrogen and oxygen atoms in total. The normalized spacial score (nSPS) is 10.9. The molecule has 0 heterocycles. The zero-order valence-corrected chi connectivity index (χ0v) is 15.8. The molecule has 1 amide bonds. The molecular formula is C21H22ClN3O. The molecule has 0 aromatic heterocycles. The topological polar surface area (TPSA) is 56.1 Å². The zero-order valence-electron chi connectivity index (χ0n) is 15.0. The molecule has 0 bridgehead atoms. The van der Waals surface area contributed by atoms with E-state index in [-0.39, 0.29) is 5.57 Å². The van der Waals surface area contributed by atoms with Crippen molar-refractivity contribution in [1.29, 1.82) is 5.26 Å². The van der Waals surface area contributed by atoms with E-state index in [0.717, 1.165) is 29.9 Å². The van der Waals surface area contributed by atoms with Crippen molar-refractivity contribution in [3.8, 4) is 6.07 Å². The maximum atomic E-state index is 12.3. The fraction of sp³-hybridized carbons (Fsp3) is 0.238. The monoisotopic (exact) mass is 367 g/mol. The molecule has 0 unspecified atom stereocenters. The lowest BCUT2D eigenvalue weighted by Crippen LogP contribution is -2.24. The minimum Gasteiger partial charge on any atom is -0.372 e. The van der Waals surface area contributed by atoms with Crippen molar-refractivity contribution in [2.75, 3.05) is 18.0 Å². The molecule has 1 N–H and O–H groups in total. The first-order valence-electron chi connectivity index (χ1n) is 8.56. The molecule has 0 saturated heterocycles. The lowest BCUT2D eigenvalue weighted by Gasteiger charge is -2.20. The summed E-state index contributed by atoms with van der Waals surface area (Å²) in [6, 6.07) is 17.0. The van der Waals surface area contributed by atoms with E-state index in [1.165, 1.54) is 0 Å². The van der Waals surface area contributed by atoms with Crippen molar-refractivity contribution in [1.82, 2.24) is 5.32 Å². The Morgan fingerprint density at radius 3 is 2.27 bits per heavy atom. The van der Waals surface area contributed by atoms with E-state index >= 15 is 0 Å². The molecule has 0 aliphatic rings. The third-order valence-corrected chi connectivity index (χ3v) is 4.32. The van der Waals surface area contributed by atoms with Gasteiger partial charge in [-0.2, -0.15) is 5.26 Å². The first kappa shape index (κ1) is 19.6. The van der Waals surface area contributed by atoms with Crippen molar-refractivity contribution in [2.24, 2.45) is 0 Å². The van der Waals surface area contributed by atoms with Gasteiger partial charge in [0.25, 0.3) is 5.91 Å². The third kappa shape index (κ3) is 5.37. The number of nitrogens with zero attached hydrogens (tertiary/aromatic N) is 2. The van der Waals surface area contributed by atoms with E-state index in [9.17, 15) is 10.1 Å². The number of carbonyl (C=O) groups excluding carboxylic acids is 1. The van der Waals surface area contributed by atoms with Crippen LogP contribution in [-0.4, -0.2) is 19.0 Å². The number of anilines is 1. The van der Waals surface area contributed by atoms with Crippen LogP contribution in [0.3, 0.4) is 0 Å². The molecule has 2 aromatic rings. The maximum Gasteiger partial charge on any atom is 0.262 e. The number of rotatable bonds is 7. The highest BCUT2D eigenvalue weighted by atomic mass is 35.5. The van der Waals surface area contributed by atoms with Gasteiger partial charge in [-0.25, -0.2) is 0 Å². The molecule has 26 heavy (non-hydrogen) atoms. The Bertz CT molecular complexity index is 801. The Balaban J connectivity index is 2.05. The SMILES string of the molecule is CCN(CC)c1ccc(/C=C(\C#N)C(=O)NCc2ccc(Cl)cc2)cc1. The Hall–Kier alpha value is -2.77. The van der Waals surface area contributed by atoms with Crippen LogP contribution in [0.1, 0.15) is 25.0 Å². The molecule has 0 atom stereocenters. The van der Waals surface area contributed by atoms with Crippen molar-refractivity contribution >= 4 is 29.3 Å². The van der Waals surface area contributed by atoms with Crippen molar-refractivity contribution in [2.45, 2.75) is 20.4 Å². The highest BCUT2D eigenvalue weighted by Crippen LogP contribution is 2.17. The Morgan fingerprint density at radius 1 is 1.12 bits per heavy atom. The molecule has 5 heteroatoms. The molecule has 0 radical (unpaired) electrons. The summed E-state index contributed by atoms with van der Waals surface area (Å²) in [6.07, 6.45) is 1.60. The Morgan fingerprint density at radius 2 is 1.73 bits per heavy atom. The van der Waals surface area contributed by atoms with E-state index in [2.05, 4.69) is 24.1 Å². The molecule has 0 spiro atoms. The van der Waals surface area contributed by atoms with Crippen LogP contribution in [0.4, 0.5) is 5.69 Å². The van der Waals surface area contributed by atoms with Gasteiger partial charge in [0.2, 0.25) is 0 Å². The van der Waals surface area contributed by atoms with E-state index in [4.69, 9.17) is 11.6 Å². The number of nitriles is 1. The number of hydrogen-bond acceptors (Lipinski definition) is 3. The average Bonchev–Trinajstić information content (AvgIpc) is 2.67. The average molecular weight is 368 g/mol. The summed E-state index contributed by atoms with van der Waals surface area (Å²) >= 11 is 5.84. The van der Waals surface area contributed by atoms with Gasteiger partial charge in [0, 0.05) is 30.3 Å². The smallest absolute Gasteiger partial charge is 0.262 e. The molecule has 2 aromatic carbocycles. The number of halogens is 1. The van der Waals surface area contributed by atoms with E-state index < -0.39 is 5.91 Å². The molecule has 134 valence electrons. The summed E-state index contributed by atoms with van der Waals surface area (Å²) in [5.41, 5.74) is 2.94. The van der Waals surface area contributed by atoms with E-state index in [1.807, 2.05) is 42.5 Å². The second-order valence-corrected chi connectivity index (χ2v) is 6.18. The quantitative estimate of drug-likeness (QED) is 0.582. The third-order valence-electron chi connectivity index (χ3n) is 4.06. The highest BCUT2D eigenvalue weighted by molar-refractivity contribution is 6.30. The van der Waals surface area contributed by atoms with Crippen LogP contribution in [0.2, 0.25) is 5.02 Å². The van der Waals surface area contributed by atoms with Crippen LogP contribution in [0.5, 0.6) is 0 Å². The second kappa shape index (κ2) is 9.65.